The van der Waals surface area contributed by atoms with Crippen LogP contribution in [0.15, 0.2) is 9.95 Å². The van der Waals surface area contributed by atoms with Crippen LogP contribution in [0.2, 0.25) is 0 Å². The Kier molecular flexibility index (Phi) is 4.29. The van der Waals surface area contributed by atoms with Crippen molar-refractivity contribution >= 4 is 11.8 Å². The number of aromatic nitrogens is 3. The highest BCUT2D eigenvalue weighted by atomic mass is 32.2. The summed E-state index contributed by atoms with van der Waals surface area (Å²) in [5, 5.41) is 7.15. The van der Waals surface area contributed by atoms with Gasteiger partial charge in [-0.05, 0) is 19.8 Å². The molecule has 0 amide bonds. The molecule has 1 aliphatic rings. The smallest absolute Gasteiger partial charge is 0.344 e. The number of hydrogen-bond donors (Lipinski definition) is 1. The van der Waals surface area contributed by atoms with E-state index in [1.165, 1.54) is 11.8 Å². The van der Waals surface area contributed by atoms with Gasteiger partial charge in [-0.3, -0.25) is 4.57 Å². The molecule has 17 heavy (non-hydrogen) atoms. The fourth-order valence-electron chi connectivity index (χ4n) is 1.74. The highest BCUT2D eigenvalue weighted by Crippen LogP contribution is 2.17. The molecular weight excluding hydrogens is 238 g/mol. The van der Waals surface area contributed by atoms with Gasteiger partial charge in [-0.2, -0.15) is 0 Å². The Hall–Kier alpha value is -1.19. The number of thioether (sulfide) groups is 1. The van der Waals surface area contributed by atoms with E-state index in [1.54, 1.807) is 11.5 Å². The van der Waals surface area contributed by atoms with Crippen LogP contribution in [-0.2, 0) is 11.3 Å². The molecule has 0 aliphatic carbocycles. The van der Waals surface area contributed by atoms with E-state index in [1.807, 2.05) is 0 Å². The van der Waals surface area contributed by atoms with Gasteiger partial charge in [-0.1, -0.05) is 17.7 Å². The highest BCUT2D eigenvalue weighted by molar-refractivity contribution is 7.99. The van der Waals surface area contributed by atoms with Crippen molar-refractivity contribution in [1.29, 1.82) is 0 Å². The molecule has 92 valence electrons. The SMILES string of the molecule is CC#CCSc1n[nH]c(=O)n1CC1CCCO1. The van der Waals surface area contributed by atoms with Gasteiger partial charge in [0, 0.05) is 6.61 Å². The standard InChI is InChI=1S/C11H15N3O2S/c1-2-3-7-17-11-13-12-10(15)14(11)8-9-5-4-6-16-9/h9H,4-8H2,1H3,(H,12,15). The topological polar surface area (TPSA) is 59.9 Å². The number of hydrogen-bond acceptors (Lipinski definition) is 4. The van der Waals surface area contributed by atoms with Gasteiger partial charge >= 0.3 is 5.69 Å². The average molecular weight is 253 g/mol. The lowest BCUT2D eigenvalue weighted by Gasteiger charge is -2.10. The summed E-state index contributed by atoms with van der Waals surface area (Å²) in [4.78, 5) is 11.6. The van der Waals surface area contributed by atoms with Gasteiger partial charge in [0.05, 0.1) is 18.4 Å². The van der Waals surface area contributed by atoms with Crippen molar-refractivity contribution in [3.05, 3.63) is 10.5 Å². The predicted octanol–water partition coefficient (Wildman–Crippen LogP) is 0.866. The van der Waals surface area contributed by atoms with E-state index >= 15 is 0 Å². The van der Waals surface area contributed by atoms with Crippen molar-refractivity contribution in [2.45, 2.75) is 37.6 Å². The second-order valence-corrected chi connectivity index (χ2v) is 4.71. The lowest BCUT2D eigenvalue weighted by Crippen LogP contribution is -2.24. The van der Waals surface area contributed by atoms with Crippen molar-refractivity contribution in [2.75, 3.05) is 12.4 Å². The zero-order valence-electron chi connectivity index (χ0n) is 9.73. The van der Waals surface area contributed by atoms with Gasteiger partial charge in [-0.15, -0.1) is 11.0 Å². The average Bonchev–Trinajstić information content (AvgIpc) is 2.94. The van der Waals surface area contributed by atoms with Crippen molar-refractivity contribution in [2.24, 2.45) is 0 Å². The molecule has 1 aromatic heterocycles. The molecule has 0 radical (unpaired) electrons. The summed E-state index contributed by atoms with van der Waals surface area (Å²) in [5.41, 5.74) is -0.174. The van der Waals surface area contributed by atoms with E-state index in [9.17, 15) is 4.79 Å². The maximum Gasteiger partial charge on any atom is 0.344 e. The zero-order valence-corrected chi connectivity index (χ0v) is 10.5. The first-order chi connectivity index (χ1) is 8.31. The minimum absolute atomic E-state index is 0.141. The zero-order chi connectivity index (χ0) is 12.1. The van der Waals surface area contributed by atoms with Crippen LogP contribution in [0.25, 0.3) is 0 Å². The predicted molar refractivity (Wildman–Crippen MR) is 66.0 cm³/mol. The largest absolute Gasteiger partial charge is 0.376 e. The first kappa shape index (κ1) is 12.3. The third-order valence-electron chi connectivity index (χ3n) is 2.58. The van der Waals surface area contributed by atoms with Crippen LogP contribution < -0.4 is 5.69 Å². The molecule has 1 aliphatic heterocycles. The number of ether oxygens (including phenoxy) is 1. The Morgan fingerprint density at radius 3 is 3.29 bits per heavy atom. The molecule has 2 heterocycles. The van der Waals surface area contributed by atoms with E-state index < -0.39 is 0 Å². The molecule has 1 aromatic rings. The fraction of sp³-hybridized carbons (Fsp3) is 0.636. The van der Waals surface area contributed by atoms with Crippen LogP contribution in [-0.4, -0.2) is 33.2 Å². The third-order valence-corrected chi connectivity index (χ3v) is 3.44. The van der Waals surface area contributed by atoms with Crippen LogP contribution >= 0.6 is 11.8 Å². The number of rotatable bonds is 4. The molecule has 1 N–H and O–H groups in total. The number of nitrogens with zero attached hydrogens (tertiary/aromatic N) is 2. The number of nitrogens with one attached hydrogen (secondary N) is 1. The monoisotopic (exact) mass is 253 g/mol. The van der Waals surface area contributed by atoms with Gasteiger partial charge in [-0.25, -0.2) is 9.89 Å². The van der Waals surface area contributed by atoms with Crippen molar-refractivity contribution in [3.63, 3.8) is 0 Å². The Morgan fingerprint density at radius 1 is 1.71 bits per heavy atom. The second kappa shape index (κ2) is 5.94. The van der Waals surface area contributed by atoms with Crippen LogP contribution in [0.5, 0.6) is 0 Å². The highest BCUT2D eigenvalue weighted by Gasteiger charge is 2.19. The lowest BCUT2D eigenvalue weighted by atomic mass is 10.2. The first-order valence-electron chi connectivity index (χ1n) is 5.60. The van der Waals surface area contributed by atoms with E-state index in [0.717, 1.165) is 19.4 Å². The van der Waals surface area contributed by atoms with E-state index in [0.29, 0.717) is 17.5 Å². The Balaban J connectivity index is 2.04. The summed E-state index contributed by atoms with van der Waals surface area (Å²) >= 11 is 1.47. The molecule has 0 aromatic carbocycles. The van der Waals surface area contributed by atoms with E-state index in [-0.39, 0.29) is 11.8 Å². The summed E-state index contributed by atoms with van der Waals surface area (Å²) in [6.45, 7) is 3.17. The molecule has 5 nitrogen and oxygen atoms in total. The van der Waals surface area contributed by atoms with Gasteiger partial charge in [0.25, 0.3) is 0 Å². The summed E-state index contributed by atoms with van der Waals surface area (Å²) < 4.78 is 7.16. The molecule has 2 rings (SSSR count). The lowest BCUT2D eigenvalue weighted by molar-refractivity contribution is 0.0941. The van der Waals surface area contributed by atoms with Gasteiger partial charge in [0.2, 0.25) is 0 Å². The molecule has 0 spiro atoms. The molecule has 6 heteroatoms. The van der Waals surface area contributed by atoms with Crippen molar-refractivity contribution in [1.82, 2.24) is 14.8 Å². The first-order valence-corrected chi connectivity index (χ1v) is 6.59. The Morgan fingerprint density at radius 2 is 2.59 bits per heavy atom. The summed E-state index contributed by atoms with van der Waals surface area (Å²) in [5.74, 6) is 6.40. The van der Waals surface area contributed by atoms with Crippen molar-refractivity contribution < 1.29 is 4.74 Å². The quantitative estimate of drug-likeness (QED) is 0.639. The van der Waals surface area contributed by atoms with E-state index in [2.05, 4.69) is 22.0 Å². The minimum Gasteiger partial charge on any atom is -0.376 e. The van der Waals surface area contributed by atoms with Crippen LogP contribution in [0.4, 0.5) is 0 Å². The van der Waals surface area contributed by atoms with Gasteiger partial charge < -0.3 is 4.74 Å². The third kappa shape index (κ3) is 3.14. The summed E-state index contributed by atoms with van der Waals surface area (Å²) in [7, 11) is 0. The Labute approximate surface area is 104 Å². The van der Waals surface area contributed by atoms with Gasteiger partial charge in [0.15, 0.2) is 5.16 Å². The second-order valence-electron chi connectivity index (χ2n) is 3.77. The minimum atomic E-state index is -0.174. The van der Waals surface area contributed by atoms with E-state index in [4.69, 9.17) is 4.74 Å². The summed E-state index contributed by atoms with van der Waals surface area (Å²) in [6, 6.07) is 0. The Bertz CT molecular complexity index is 477. The van der Waals surface area contributed by atoms with Crippen molar-refractivity contribution in [3.8, 4) is 11.8 Å². The molecule has 1 atom stereocenters. The molecule has 0 bridgehead atoms. The molecular formula is C11H15N3O2S. The molecule has 1 fully saturated rings. The van der Waals surface area contributed by atoms with Gasteiger partial charge in [0.1, 0.15) is 0 Å². The van der Waals surface area contributed by atoms with Crippen LogP contribution in [0.1, 0.15) is 19.8 Å². The normalized spacial score (nSPS) is 19.0. The molecule has 1 saturated heterocycles. The summed E-state index contributed by atoms with van der Waals surface area (Å²) in [6.07, 6.45) is 2.22. The number of H-pyrrole nitrogens is 1. The molecule has 0 saturated carbocycles. The maximum absolute atomic E-state index is 11.6. The molecule has 1 unspecified atom stereocenters. The number of aromatic amines is 1. The van der Waals surface area contributed by atoms with Crippen LogP contribution in [0.3, 0.4) is 0 Å². The van der Waals surface area contributed by atoms with Crippen LogP contribution in [0, 0.1) is 11.8 Å². The maximum atomic E-state index is 11.6. The fourth-order valence-corrected chi connectivity index (χ4v) is 2.51.